The third-order valence-electron chi connectivity index (χ3n) is 3.76. The van der Waals surface area contributed by atoms with Gasteiger partial charge in [-0.2, -0.15) is 0 Å². The van der Waals surface area contributed by atoms with E-state index in [0.29, 0.717) is 0 Å². The van der Waals surface area contributed by atoms with Gasteiger partial charge in [-0.05, 0) is 56.4 Å². The molecule has 0 atom stereocenters. The molecule has 2 nitrogen and oxygen atoms in total. The zero-order valence-corrected chi connectivity index (χ0v) is 12.4. The molecule has 0 radical (unpaired) electrons. The van der Waals surface area contributed by atoms with E-state index in [9.17, 15) is 0 Å². The van der Waals surface area contributed by atoms with Crippen molar-refractivity contribution in [3.05, 3.63) is 51.0 Å². The molecular formula is C15H16Cl2N2. The average molecular weight is 295 g/mol. The molecule has 4 heteroatoms. The van der Waals surface area contributed by atoms with Crippen molar-refractivity contribution in [1.29, 1.82) is 0 Å². The predicted octanol–water partition coefficient (Wildman–Crippen LogP) is 4.43. The van der Waals surface area contributed by atoms with Gasteiger partial charge in [-0.25, -0.2) is 4.98 Å². The second-order valence-electron chi connectivity index (χ2n) is 5.08. The minimum Gasteiger partial charge on any atom is -0.328 e. The van der Waals surface area contributed by atoms with E-state index in [2.05, 4.69) is 16.5 Å². The molecule has 0 N–H and O–H groups in total. The number of fused-ring (bicyclic) bond motifs is 1. The van der Waals surface area contributed by atoms with Crippen LogP contribution in [0.5, 0.6) is 0 Å². The molecule has 0 bridgehead atoms. The average Bonchev–Trinajstić information content (AvgIpc) is 2.71. The minimum atomic E-state index is 0.728. The molecule has 100 valence electrons. The number of aryl methyl sites for hydroxylation is 2. The van der Waals surface area contributed by atoms with Crippen molar-refractivity contribution in [2.75, 3.05) is 0 Å². The Hall–Kier alpha value is -0.990. The highest BCUT2D eigenvalue weighted by Crippen LogP contribution is 2.26. The van der Waals surface area contributed by atoms with Gasteiger partial charge in [0.1, 0.15) is 5.82 Å². The number of halogens is 2. The third-order valence-corrected chi connectivity index (χ3v) is 4.36. The lowest BCUT2D eigenvalue weighted by Gasteiger charge is -2.15. The summed E-state index contributed by atoms with van der Waals surface area (Å²) in [5, 5.41) is 1.49. The van der Waals surface area contributed by atoms with Gasteiger partial charge in [0, 0.05) is 15.7 Å². The van der Waals surface area contributed by atoms with Crippen LogP contribution in [0.1, 0.15) is 35.6 Å². The smallest absolute Gasteiger partial charge is 0.106 e. The van der Waals surface area contributed by atoms with E-state index in [1.54, 1.807) is 0 Å². The topological polar surface area (TPSA) is 17.8 Å². The van der Waals surface area contributed by atoms with Gasteiger partial charge in [-0.15, -0.1) is 0 Å². The third kappa shape index (κ3) is 2.52. The maximum Gasteiger partial charge on any atom is 0.106 e. The molecule has 0 saturated heterocycles. The number of nitrogens with zero attached hydrogens (tertiary/aromatic N) is 2. The van der Waals surface area contributed by atoms with E-state index >= 15 is 0 Å². The maximum atomic E-state index is 6.26. The van der Waals surface area contributed by atoms with Crippen molar-refractivity contribution in [1.82, 2.24) is 9.55 Å². The summed E-state index contributed by atoms with van der Waals surface area (Å²) < 4.78 is 2.28. The predicted molar refractivity (Wildman–Crippen MR) is 79.2 cm³/mol. The first kappa shape index (κ1) is 13.0. The van der Waals surface area contributed by atoms with Gasteiger partial charge in [-0.3, -0.25) is 0 Å². The molecular weight excluding hydrogens is 279 g/mol. The van der Waals surface area contributed by atoms with Crippen LogP contribution in [0.4, 0.5) is 0 Å². The van der Waals surface area contributed by atoms with Crippen LogP contribution in [0.25, 0.3) is 0 Å². The Morgan fingerprint density at radius 1 is 1.21 bits per heavy atom. The highest BCUT2D eigenvalue weighted by Gasteiger charge is 2.18. The highest BCUT2D eigenvalue weighted by molar-refractivity contribution is 6.33. The summed E-state index contributed by atoms with van der Waals surface area (Å²) in [5.41, 5.74) is 3.70. The van der Waals surface area contributed by atoms with E-state index in [4.69, 9.17) is 23.2 Å². The lowest BCUT2D eigenvalue weighted by atomic mass is 10.0. The van der Waals surface area contributed by atoms with Gasteiger partial charge < -0.3 is 4.57 Å². The van der Waals surface area contributed by atoms with E-state index in [0.717, 1.165) is 40.8 Å². The quantitative estimate of drug-likeness (QED) is 0.801. The molecule has 0 spiro atoms. The summed E-state index contributed by atoms with van der Waals surface area (Å²) in [7, 11) is 0. The summed E-state index contributed by atoms with van der Waals surface area (Å²) in [6.07, 6.45) is 4.73. The highest BCUT2D eigenvalue weighted by atomic mass is 35.5. The first-order valence-electron chi connectivity index (χ1n) is 6.64. The van der Waals surface area contributed by atoms with Gasteiger partial charge in [0.25, 0.3) is 0 Å². The van der Waals surface area contributed by atoms with Crippen molar-refractivity contribution in [3.63, 3.8) is 0 Å². The first-order chi connectivity index (χ1) is 9.15. The number of aromatic nitrogens is 2. The fraction of sp³-hybridized carbons (Fsp3) is 0.400. The van der Waals surface area contributed by atoms with Crippen molar-refractivity contribution >= 4 is 23.2 Å². The lowest BCUT2D eigenvalue weighted by molar-refractivity contribution is 0.624. The number of rotatable bonds is 2. The van der Waals surface area contributed by atoms with Gasteiger partial charge >= 0.3 is 0 Å². The summed E-state index contributed by atoms with van der Waals surface area (Å²) >= 11 is 12.3. The van der Waals surface area contributed by atoms with Crippen molar-refractivity contribution in [2.45, 2.75) is 39.2 Å². The van der Waals surface area contributed by atoms with Crippen LogP contribution in [-0.4, -0.2) is 9.55 Å². The van der Waals surface area contributed by atoms with Gasteiger partial charge in [0.15, 0.2) is 0 Å². The molecule has 2 aromatic rings. The van der Waals surface area contributed by atoms with Crippen LogP contribution in [0.3, 0.4) is 0 Å². The Morgan fingerprint density at radius 3 is 2.84 bits per heavy atom. The zero-order chi connectivity index (χ0) is 13.4. The Kier molecular flexibility index (Phi) is 3.55. The molecule has 1 heterocycles. The normalized spacial score (nSPS) is 14.5. The van der Waals surface area contributed by atoms with E-state index in [-0.39, 0.29) is 0 Å². The SMILES string of the molecule is Cc1nc2c(n1Cc1cc(Cl)ccc1Cl)CCCC2. The lowest BCUT2D eigenvalue weighted by Crippen LogP contribution is -2.10. The van der Waals surface area contributed by atoms with Crippen molar-refractivity contribution in [3.8, 4) is 0 Å². The number of imidazole rings is 1. The summed E-state index contributed by atoms with van der Waals surface area (Å²) in [6, 6.07) is 5.63. The molecule has 1 aliphatic carbocycles. The molecule has 0 unspecified atom stereocenters. The minimum absolute atomic E-state index is 0.728. The zero-order valence-electron chi connectivity index (χ0n) is 10.9. The Morgan fingerprint density at radius 2 is 2.00 bits per heavy atom. The van der Waals surface area contributed by atoms with E-state index in [1.807, 2.05) is 18.2 Å². The van der Waals surface area contributed by atoms with Crippen LogP contribution in [0.2, 0.25) is 10.0 Å². The molecule has 0 saturated carbocycles. The standard InChI is InChI=1S/C15H16Cl2N2/c1-10-18-14-4-2-3-5-15(14)19(10)9-11-8-12(16)6-7-13(11)17/h6-8H,2-5,9H2,1H3. The number of hydrogen-bond donors (Lipinski definition) is 0. The van der Waals surface area contributed by atoms with Crippen LogP contribution in [0.15, 0.2) is 18.2 Å². The Labute approximate surface area is 123 Å². The second-order valence-corrected chi connectivity index (χ2v) is 5.93. The first-order valence-corrected chi connectivity index (χ1v) is 7.39. The van der Waals surface area contributed by atoms with Crippen LogP contribution < -0.4 is 0 Å². The maximum absolute atomic E-state index is 6.26. The summed E-state index contributed by atoms with van der Waals surface area (Å²) in [5.74, 6) is 1.07. The molecule has 1 aromatic heterocycles. The van der Waals surface area contributed by atoms with Crippen LogP contribution in [0, 0.1) is 6.92 Å². The second kappa shape index (κ2) is 5.18. The Balaban J connectivity index is 1.99. The molecule has 19 heavy (non-hydrogen) atoms. The van der Waals surface area contributed by atoms with Crippen LogP contribution in [-0.2, 0) is 19.4 Å². The summed E-state index contributed by atoms with van der Waals surface area (Å²) in [6.45, 7) is 2.82. The fourth-order valence-corrected chi connectivity index (χ4v) is 3.15. The Bertz CT molecular complexity index is 617. The van der Waals surface area contributed by atoms with Gasteiger partial charge in [-0.1, -0.05) is 23.2 Å². The molecule has 3 rings (SSSR count). The molecule has 0 amide bonds. The van der Waals surface area contributed by atoms with Crippen LogP contribution >= 0.6 is 23.2 Å². The van der Waals surface area contributed by atoms with Gasteiger partial charge in [0.2, 0.25) is 0 Å². The number of hydrogen-bond acceptors (Lipinski definition) is 1. The molecule has 0 fully saturated rings. The van der Waals surface area contributed by atoms with Gasteiger partial charge in [0.05, 0.1) is 12.2 Å². The fourth-order valence-electron chi connectivity index (χ4n) is 2.78. The largest absolute Gasteiger partial charge is 0.328 e. The van der Waals surface area contributed by atoms with E-state index in [1.165, 1.54) is 24.2 Å². The molecule has 1 aliphatic rings. The number of benzene rings is 1. The molecule has 1 aromatic carbocycles. The monoisotopic (exact) mass is 294 g/mol. The summed E-state index contributed by atoms with van der Waals surface area (Å²) in [4.78, 5) is 4.69. The molecule has 0 aliphatic heterocycles. The van der Waals surface area contributed by atoms with Crippen molar-refractivity contribution in [2.24, 2.45) is 0 Å². The van der Waals surface area contributed by atoms with Crippen molar-refractivity contribution < 1.29 is 0 Å². The van der Waals surface area contributed by atoms with E-state index < -0.39 is 0 Å².